The van der Waals surface area contributed by atoms with Crippen molar-refractivity contribution in [2.75, 3.05) is 11.9 Å². The number of hydrogen-bond acceptors (Lipinski definition) is 3. The van der Waals surface area contributed by atoms with Gasteiger partial charge in [-0.15, -0.1) is 0 Å². The number of halogens is 1. The van der Waals surface area contributed by atoms with Gasteiger partial charge in [0.2, 0.25) is 5.91 Å². The lowest BCUT2D eigenvalue weighted by Gasteiger charge is -2.15. The molecule has 0 saturated carbocycles. The SMILES string of the molecule is NC(=S)c1cc(Br)ccc1NC1CNC(=O)C1. The van der Waals surface area contributed by atoms with Crippen LogP contribution in [0.4, 0.5) is 5.69 Å². The predicted octanol–water partition coefficient (Wildman–Crippen LogP) is 1.38. The van der Waals surface area contributed by atoms with Crippen LogP contribution in [0.1, 0.15) is 12.0 Å². The van der Waals surface area contributed by atoms with Crippen molar-refractivity contribution >= 4 is 44.7 Å². The molecule has 2 rings (SSSR count). The Kier molecular flexibility index (Phi) is 3.63. The lowest BCUT2D eigenvalue weighted by molar-refractivity contribution is -0.119. The number of rotatable bonds is 3. The molecule has 90 valence electrons. The van der Waals surface area contributed by atoms with Gasteiger partial charge in [-0.1, -0.05) is 28.1 Å². The number of amides is 1. The second-order valence-corrected chi connectivity index (χ2v) is 5.26. The number of hydrogen-bond donors (Lipinski definition) is 3. The third kappa shape index (κ3) is 2.95. The topological polar surface area (TPSA) is 67.2 Å². The van der Waals surface area contributed by atoms with E-state index < -0.39 is 0 Å². The molecule has 1 unspecified atom stereocenters. The Bertz CT molecular complexity index is 478. The Labute approximate surface area is 113 Å². The fourth-order valence-electron chi connectivity index (χ4n) is 1.77. The van der Waals surface area contributed by atoms with Crippen LogP contribution in [0.25, 0.3) is 0 Å². The minimum atomic E-state index is 0.0662. The van der Waals surface area contributed by atoms with Crippen LogP contribution in [0.3, 0.4) is 0 Å². The quantitative estimate of drug-likeness (QED) is 0.738. The first kappa shape index (κ1) is 12.3. The summed E-state index contributed by atoms with van der Waals surface area (Å²) in [6.45, 7) is 0.631. The fraction of sp³-hybridized carbons (Fsp3) is 0.273. The van der Waals surface area contributed by atoms with E-state index in [4.69, 9.17) is 18.0 Å². The monoisotopic (exact) mass is 313 g/mol. The molecule has 4 N–H and O–H groups in total. The highest BCUT2D eigenvalue weighted by Gasteiger charge is 2.22. The molecule has 0 radical (unpaired) electrons. The highest BCUT2D eigenvalue weighted by atomic mass is 79.9. The number of nitrogens with two attached hydrogens (primary N) is 1. The van der Waals surface area contributed by atoms with Crippen molar-refractivity contribution < 1.29 is 4.79 Å². The molecule has 1 aliphatic heterocycles. The third-order valence-corrected chi connectivity index (χ3v) is 3.30. The van der Waals surface area contributed by atoms with Gasteiger partial charge in [0.25, 0.3) is 0 Å². The first-order valence-electron chi connectivity index (χ1n) is 5.19. The van der Waals surface area contributed by atoms with Gasteiger partial charge < -0.3 is 16.4 Å². The molecule has 0 bridgehead atoms. The molecular formula is C11H12BrN3OS. The minimum Gasteiger partial charge on any atom is -0.389 e. The van der Waals surface area contributed by atoms with Crippen LogP contribution in [0.2, 0.25) is 0 Å². The third-order valence-electron chi connectivity index (χ3n) is 2.58. The lowest BCUT2D eigenvalue weighted by atomic mass is 10.1. The first-order valence-corrected chi connectivity index (χ1v) is 6.39. The molecule has 4 nitrogen and oxygen atoms in total. The Morgan fingerprint density at radius 1 is 1.59 bits per heavy atom. The van der Waals surface area contributed by atoms with Gasteiger partial charge in [0.15, 0.2) is 0 Å². The zero-order valence-corrected chi connectivity index (χ0v) is 11.4. The van der Waals surface area contributed by atoms with Crippen molar-refractivity contribution in [3.63, 3.8) is 0 Å². The van der Waals surface area contributed by atoms with Crippen molar-refractivity contribution in [1.82, 2.24) is 5.32 Å². The Hall–Kier alpha value is -1.14. The Morgan fingerprint density at radius 3 is 2.94 bits per heavy atom. The van der Waals surface area contributed by atoms with E-state index in [2.05, 4.69) is 26.6 Å². The average molecular weight is 314 g/mol. The summed E-state index contributed by atoms with van der Waals surface area (Å²) in [6, 6.07) is 5.78. The molecule has 1 fully saturated rings. The normalized spacial score (nSPS) is 18.9. The molecule has 1 aliphatic rings. The standard InChI is InChI=1S/C11H12BrN3OS/c12-6-1-2-9(8(3-6)11(13)17)15-7-4-10(16)14-5-7/h1-3,7,15H,4-5H2,(H2,13,17)(H,14,16). The Morgan fingerprint density at radius 2 is 2.35 bits per heavy atom. The van der Waals surface area contributed by atoms with Crippen LogP contribution in [-0.4, -0.2) is 23.5 Å². The van der Waals surface area contributed by atoms with Gasteiger partial charge in [0.05, 0.1) is 6.04 Å². The van der Waals surface area contributed by atoms with Gasteiger partial charge in [-0.3, -0.25) is 4.79 Å². The molecule has 1 amide bonds. The molecule has 6 heteroatoms. The van der Waals surface area contributed by atoms with Crippen molar-refractivity contribution in [3.8, 4) is 0 Å². The molecule has 1 heterocycles. The van der Waals surface area contributed by atoms with Crippen molar-refractivity contribution in [1.29, 1.82) is 0 Å². The van der Waals surface area contributed by atoms with Gasteiger partial charge >= 0.3 is 0 Å². The highest BCUT2D eigenvalue weighted by Crippen LogP contribution is 2.22. The molecule has 1 aromatic rings. The number of anilines is 1. The van der Waals surface area contributed by atoms with Gasteiger partial charge in [-0.25, -0.2) is 0 Å². The van der Waals surface area contributed by atoms with Crippen molar-refractivity contribution in [3.05, 3.63) is 28.2 Å². The van der Waals surface area contributed by atoms with E-state index in [1.807, 2.05) is 18.2 Å². The summed E-state index contributed by atoms with van der Waals surface area (Å²) in [4.78, 5) is 11.4. The van der Waals surface area contributed by atoms with Crippen LogP contribution >= 0.6 is 28.1 Å². The molecule has 1 atom stereocenters. The molecule has 0 spiro atoms. The first-order chi connectivity index (χ1) is 8.06. The second kappa shape index (κ2) is 5.01. The number of thiocarbonyl (C=S) groups is 1. The van der Waals surface area contributed by atoms with E-state index in [9.17, 15) is 4.79 Å². The maximum absolute atomic E-state index is 11.1. The summed E-state index contributed by atoms with van der Waals surface area (Å²) in [6.07, 6.45) is 0.479. The lowest BCUT2D eigenvalue weighted by Crippen LogP contribution is -2.24. The van der Waals surface area contributed by atoms with Crippen LogP contribution in [0, 0.1) is 0 Å². The summed E-state index contributed by atoms with van der Waals surface area (Å²) in [7, 11) is 0. The average Bonchev–Trinajstić information content (AvgIpc) is 2.66. The van der Waals surface area contributed by atoms with Gasteiger partial charge in [0.1, 0.15) is 4.99 Å². The van der Waals surface area contributed by atoms with E-state index >= 15 is 0 Å². The van der Waals surface area contributed by atoms with Crippen molar-refractivity contribution in [2.24, 2.45) is 5.73 Å². The van der Waals surface area contributed by atoms with E-state index in [0.717, 1.165) is 15.7 Å². The summed E-state index contributed by atoms with van der Waals surface area (Å²) in [5, 5.41) is 6.05. The summed E-state index contributed by atoms with van der Waals surface area (Å²) < 4.78 is 0.923. The summed E-state index contributed by atoms with van der Waals surface area (Å²) in [5.41, 5.74) is 7.32. The summed E-state index contributed by atoms with van der Waals surface area (Å²) >= 11 is 8.39. The van der Waals surface area contributed by atoms with Crippen LogP contribution in [0.5, 0.6) is 0 Å². The van der Waals surface area contributed by atoms with Gasteiger partial charge in [0, 0.05) is 28.7 Å². The largest absolute Gasteiger partial charge is 0.389 e. The van der Waals surface area contributed by atoms with E-state index in [1.54, 1.807) is 0 Å². The molecule has 0 aliphatic carbocycles. The van der Waals surface area contributed by atoms with Gasteiger partial charge in [-0.2, -0.15) is 0 Å². The van der Waals surface area contributed by atoms with Crippen LogP contribution < -0.4 is 16.4 Å². The smallest absolute Gasteiger partial charge is 0.222 e. The molecule has 17 heavy (non-hydrogen) atoms. The maximum atomic E-state index is 11.1. The predicted molar refractivity (Wildman–Crippen MR) is 75.1 cm³/mol. The van der Waals surface area contributed by atoms with Crippen LogP contribution in [-0.2, 0) is 4.79 Å². The van der Waals surface area contributed by atoms with E-state index in [-0.39, 0.29) is 11.9 Å². The molecule has 1 saturated heterocycles. The van der Waals surface area contributed by atoms with E-state index in [1.165, 1.54) is 0 Å². The minimum absolute atomic E-state index is 0.0662. The number of benzene rings is 1. The van der Waals surface area contributed by atoms with Gasteiger partial charge in [-0.05, 0) is 18.2 Å². The molecular weight excluding hydrogens is 302 g/mol. The second-order valence-electron chi connectivity index (χ2n) is 3.90. The number of nitrogens with one attached hydrogen (secondary N) is 2. The molecule has 1 aromatic carbocycles. The number of carbonyl (C=O) groups is 1. The Balaban J connectivity index is 2.20. The molecule has 0 aromatic heterocycles. The van der Waals surface area contributed by atoms with Crippen LogP contribution in [0.15, 0.2) is 22.7 Å². The van der Waals surface area contributed by atoms with E-state index in [0.29, 0.717) is 18.0 Å². The van der Waals surface area contributed by atoms with Crippen molar-refractivity contribution in [2.45, 2.75) is 12.5 Å². The number of carbonyl (C=O) groups excluding carboxylic acids is 1. The maximum Gasteiger partial charge on any atom is 0.222 e. The fourth-order valence-corrected chi connectivity index (χ4v) is 2.30. The zero-order chi connectivity index (χ0) is 12.4. The highest BCUT2D eigenvalue weighted by molar-refractivity contribution is 9.10. The zero-order valence-electron chi connectivity index (χ0n) is 9.00. The summed E-state index contributed by atoms with van der Waals surface area (Å²) in [5.74, 6) is 0.0662.